The zero-order valence-corrected chi connectivity index (χ0v) is 12.3. The lowest BCUT2D eigenvalue weighted by Crippen LogP contribution is -2.47. The first kappa shape index (κ1) is 15.5. The van der Waals surface area contributed by atoms with Gasteiger partial charge in [0.15, 0.2) is 0 Å². The van der Waals surface area contributed by atoms with E-state index in [1.54, 1.807) is 0 Å². The summed E-state index contributed by atoms with van der Waals surface area (Å²) in [5.74, 6) is 0. The van der Waals surface area contributed by atoms with Gasteiger partial charge in [-0.05, 0) is 26.7 Å². The van der Waals surface area contributed by atoms with Crippen LogP contribution in [0.15, 0.2) is 0 Å². The van der Waals surface area contributed by atoms with Crippen LogP contribution in [0.1, 0.15) is 84.5 Å². The van der Waals surface area contributed by atoms with Crippen molar-refractivity contribution in [1.29, 1.82) is 5.26 Å². The second-order valence-electron chi connectivity index (χ2n) is 6.17. The third-order valence-corrected chi connectivity index (χ3v) is 3.99. The Bertz CT molecular complexity index is 240. The lowest BCUT2D eigenvalue weighted by Gasteiger charge is -2.30. The molecule has 104 valence electrons. The molecule has 0 aromatic heterocycles. The average molecular weight is 250 g/mol. The van der Waals surface area contributed by atoms with Gasteiger partial charge in [0.2, 0.25) is 0 Å². The predicted molar refractivity (Wildman–Crippen MR) is 77.4 cm³/mol. The molecule has 0 atom stereocenters. The van der Waals surface area contributed by atoms with E-state index in [2.05, 4.69) is 25.2 Å². The number of rotatable bonds is 2. The lowest BCUT2D eigenvalue weighted by atomic mass is 9.86. The third kappa shape index (κ3) is 5.87. The van der Waals surface area contributed by atoms with Crippen LogP contribution in [0.2, 0.25) is 0 Å². The van der Waals surface area contributed by atoms with Crippen LogP contribution in [-0.2, 0) is 0 Å². The molecule has 0 unspecified atom stereocenters. The summed E-state index contributed by atoms with van der Waals surface area (Å²) in [7, 11) is 0. The predicted octanol–water partition coefficient (Wildman–Crippen LogP) is 4.55. The third-order valence-electron chi connectivity index (χ3n) is 3.99. The van der Waals surface area contributed by atoms with Gasteiger partial charge >= 0.3 is 0 Å². The summed E-state index contributed by atoms with van der Waals surface area (Å²) in [5.41, 5.74) is -0.257. The van der Waals surface area contributed by atoms with Crippen molar-refractivity contribution in [2.75, 3.05) is 0 Å². The second-order valence-corrected chi connectivity index (χ2v) is 6.17. The highest BCUT2D eigenvalue weighted by molar-refractivity contribution is 5.07. The molecule has 2 heteroatoms. The number of nitrogens with one attached hydrogen (secondary N) is 1. The Hall–Kier alpha value is -0.550. The van der Waals surface area contributed by atoms with Gasteiger partial charge in [0.1, 0.15) is 5.54 Å². The van der Waals surface area contributed by atoms with Gasteiger partial charge in [0.05, 0.1) is 6.07 Å². The summed E-state index contributed by atoms with van der Waals surface area (Å²) in [6.45, 7) is 4.30. The number of hydrogen-bond acceptors (Lipinski definition) is 2. The zero-order valence-electron chi connectivity index (χ0n) is 12.3. The summed E-state index contributed by atoms with van der Waals surface area (Å²) < 4.78 is 0. The van der Waals surface area contributed by atoms with Crippen LogP contribution >= 0.6 is 0 Å². The Balaban J connectivity index is 2.55. The fourth-order valence-corrected chi connectivity index (χ4v) is 3.06. The fourth-order valence-electron chi connectivity index (χ4n) is 3.06. The van der Waals surface area contributed by atoms with Crippen LogP contribution in [0.4, 0.5) is 0 Å². The van der Waals surface area contributed by atoms with E-state index in [0.29, 0.717) is 6.04 Å². The first-order chi connectivity index (χ1) is 8.68. The van der Waals surface area contributed by atoms with E-state index in [1.165, 1.54) is 57.8 Å². The van der Waals surface area contributed by atoms with Crippen LogP contribution in [0.25, 0.3) is 0 Å². The maximum Gasteiger partial charge on any atom is 0.106 e. The van der Waals surface area contributed by atoms with E-state index in [0.717, 1.165) is 12.8 Å². The molecule has 1 N–H and O–H groups in total. The van der Waals surface area contributed by atoms with Gasteiger partial charge in [0, 0.05) is 6.04 Å². The Labute approximate surface area is 113 Å². The quantitative estimate of drug-likeness (QED) is 0.780. The van der Waals surface area contributed by atoms with Crippen LogP contribution in [-0.4, -0.2) is 11.6 Å². The molecule has 0 aromatic rings. The van der Waals surface area contributed by atoms with Gasteiger partial charge in [-0.15, -0.1) is 0 Å². The van der Waals surface area contributed by atoms with Gasteiger partial charge in [-0.3, -0.25) is 5.32 Å². The van der Waals surface area contributed by atoms with Crippen molar-refractivity contribution < 1.29 is 0 Å². The standard InChI is InChI=1S/C16H30N2/c1-15(2)18-16(14-17)12-10-8-6-4-3-5-7-9-11-13-16/h15,18H,3-13H2,1-2H3. The SMILES string of the molecule is CC(C)NC1(C#N)CCCCCCCCCCC1. The van der Waals surface area contributed by atoms with Crippen molar-refractivity contribution in [3.63, 3.8) is 0 Å². The maximum atomic E-state index is 9.58. The van der Waals surface area contributed by atoms with Crippen molar-refractivity contribution in [3.05, 3.63) is 0 Å². The molecule has 2 nitrogen and oxygen atoms in total. The fraction of sp³-hybridized carbons (Fsp3) is 0.938. The minimum Gasteiger partial charge on any atom is -0.297 e. The molecular weight excluding hydrogens is 220 g/mol. The van der Waals surface area contributed by atoms with E-state index in [1.807, 2.05) is 0 Å². The Morgan fingerprint density at radius 1 is 0.833 bits per heavy atom. The van der Waals surface area contributed by atoms with Gasteiger partial charge in [0.25, 0.3) is 0 Å². The molecule has 0 aliphatic heterocycles. The largest absolute Gasteiger partial charge is 0.297 e. The molecule has 1 rings (SSSR count). The summed E-state index contributed by atoms with van der Waals surface area (Å²) >= 11 is 0. The van der Waals surface area contributed by atoms with E-state index >= 15 is 0 Å². The van der Waals surface area contributed by atoms with Crippen LogP contribution < -0.4 is 5.32 Å². The molecule has 0 amide bonds. The Morgan fingerprint density at radius 2 is 1.22 bits per heavy atom. The highest BCUT2D eigenvalue weighted by Crippen LogP contribution is 2.24. The van der Waals surface area contributed by atoms with Crippen molar-refractivity contribution in [3.8, 4) is 6.07 Å². The van der Waals surface area contributed by atoms with Crippen LogP contribution in [0, 0.1) is 11.3 Å². The average Bonchev–Trinajstić information content (AvgIpc) is 2.32. The van der Waals surface area contributed by atoms with Crippen molar-refractivity contribution in [2.24, 2.45) is 0 Å². The summed E-state index contributed by atoms with van der Waals surface area (Å²) in [4.78, 5) is 0. The Kier molecular flexibility index (Phi) is 7.35. The van der Waals surface area contributed by atoms with E-state index < -0.39 is 0 Å². The normalized spacial score (nSPS) is 22.8. The van der Waals surface area contributed by atoms with E-state index in [-0.39, 0.29) is 5.54 Å². The molecule has 1 aliphatic carbocycles. The first-order valence-electron chi connectivity index (χ1n) is 7.87. The molecular formula is C16H30N2. The number of nitriles is 1. The summed E-state index contributed by atoms with van der Waals surface area (Å²) in [6.07, 6.45) is 13.9. The van der Waals surface area contributed by atoms with Gasteiger partial charge < -0.3 is 0 Å². The number of hydrogen-bond donors (Lipinski definition) is 1. The molecule has 1 fully saturated rings. The topological polar surface area (TPSA) is 35.8 Å². The maximum absolute atomic E-state index is 9.58. The monoisotopic (exact) mass is 250 g/mol. The van der Waals surface area contributed by atoms with Gasteiger partial charge in [-0.1, -0.05) is 57.8 Å². The molecule has 0 radical (unpaired) electrons. The molecule has 0 spiro atoms. The van der Waals surface area contributed by atoms with Crippen molar-refractivity contribution in [2.45, 2.75) is 96.1 Å². The molecule has 1 aliphatic rings. The van der Waals surface area contributed by atoms with Crippen molar-refractivity contribution >= 4 is 0 Å². The Morgan fingerprint density at radius 3 is 1.56 bits per heavy atom. The van der Waals surface area contributed by atoms with Crippen LogP contribution in [0.3, 0.4) is 0 Å². The highest BCUT2D eigenvalue weighted by atomic mass is 15.0. The second kappa shape index (κ2) is 8.53. The van der Waals surface area contributed by atoms with E-state index in [9.17, 15) is 5.26 Å². The molecule has 18 heavy (non-hydrogen) atoms. The lowest BCUT2D eigenvalue weighted by molar-refractivity contribution is 0.308. The highest BCUT2D eigenvalue weighted by Gasteiger charge is 2.29. The molecule has 1 saturated carbocycles. The minimum atomic E-state index is -0.257. The van der Waals surface area contributed by atoms with Gasteiger partial charge in [-0.25, -0.2) is 0 Å². The summed E-state index contributed by atoms with van der Waals surface area (Å²) in [6, 6.07) is 2.99. The molecule has 0 saturated heterocycles. The minimum absolute atomic E-state index is 0.257. The summed E-state index contributed by atoms with van der Waals surface area (Å²) in [5, 5.41) is 13.1. The smallest absolute Gasteiger partial charge is 0.106 e. The number of nitrogens with zero attached hydrogens (tertiary/aromatic N) is 1. The molecule has 0 aromatic carbocycles. The van der Waals surface area contributed by atoms with E-state index in [4.69, 9.17) is 0 Å². The molecule has 0 bridgehead atoms. The molecule has 0 heterocycles. The first-order valence-corrected chi connectivity index (χ1v) is 7.87. The van der Waals surface area contributed by atoms with Gasteiger partial charge in [-0.2, -0.15) is 5.26 Å². The van der Waals surface area contributed by atoms with Crippen LogP contribution in [0.5, 0.6) is 0 Å². The zero-order chi connectivity index (χ0) is 13.3. The van der Waals surface area contributed by atoms with Crippen molar-refractivity contribution in [1.82, 2.24) is 5.32 Å².